The lowest BCUT2D eigenvalue weighted by Crippen LogP contribution is -2.34. The maximum atomic E-state index is 13.1. The van der Waals surface area contributed by atoms with Crippen LogP contribution in [-0.4, -0.2) is 21.8 Å². The van der Waals surface area contributed by atoms with Crippen molar-refractivity contribution < 1.29 is 18.0 Å². The zero-order chi connectivity index (χ0) is 20.4. The Balaban J connectivity index is 0.000000817. The fourth-order valence-electron chi connectivity index (χ4n) is 2.92. The van der Waals surface area contributed by atoms with Crippen molar-refractivity contribution in [3.8, 4) is 0 Å². The van der Waals surface area contributed by atoms with Gasteiger partial charge in [-0.25, -0.2) is 4.98 Å². The van der Waals surface area contributed by atoms with Crippen LogP contribution in [0, 0.1) is 6.92 Å². The molecule has 3 rings (SSSR count). The molecule has 1 atom stereocenters. The average Bonchev–Trinajstić information content (AvgIpc) is 2.95. The minimum atomic E-state index is -4.52. The van der Waals surface area contributed by atoms with Gasteiger partial charge in [-0.05, 0) is 39.0 Å². The molecular weight excluding hydrogens is 359 g/mol. The number of aromatic amines is 1. The van der Waals surface area contributed by atoms with Crippen molar-refractivity contribution in [3.05, 3.63) is 64.2 Å². The number of fused-ring (bicyclic) bond motifs is 1. The van der Waals surface area contributed by atoms with Crippen LogP contribution < -0.4 is 10.5 Å². The number of hydrogen-bond acceptors (Lipinski definition) is 4. The second-order valence-corrected chi connectivity index (χ2v) is 6.13. The van der Waals surface area contributed by atoms with Gasteiger partial charge in [0, 0.05) is 23.9 Å². The van der Waals surface area contributed by atoms with Crippen molar-refractivity contribution in [3.63, 3.8) is 0 Å². The molecule has 0 aromatic carbocycles. The summed E-state index contributed by atoms with van der Waals surface area (Å²) in [5, 5.41) is 0. The van der Waals surface area contributed by atoms with Crippen LogP contribution in [0.15, 0.2) is 41.8 Å². The molecule has 1 aliphatic rings. The molecule has 0 aliphatic carbocycles. The zero-order valence-electron chi connectivity index (χ0n) is 15.2. The van der Waals surface area contributed by atoms with Crippen LogP contribution in [-0.2, 0) is 17.4 Å². The van der Waals surface area contributed by atoms with Gasteiger partial charge in [-0.15, -0.1) is 6.58 Å². The number of halogens is 3. The highest BCUT2D eigenvalue weighted by atomic mass is 19.4. The Hall–Kier alpha value is -2.90. The summed E-state index contributed by atoms with van der Waals surface area (Å²) in [4.78, 5) is 32.0. The predicted molar refractivity (Wildman–Crippen MR) is 97.2 cm³/mol. The van der Waals surface area contributed by atoms with Crippen molar-refractivity contribution in [1.29, 1.82) is 0 Å². The number of pyridine rings is 2. The molecule has 0 amide bonds. The van der Waals surface area contributed by atoms with Crippen molar-refractivity contribution >= 4 is 17.3 Å². The highest BCUT2D eigenvalue weighted by Crippen LogP contribution is 2.38. The Morgan fingerprint density at radius 3 is 2.59 bits per heavy atom. The first-order valence-corrected chi connectivity index (χ1v) is 8.23. The summed E-state index contributed by atoms with van der Waals surface area (Å²) in [5.41, 5.74) is -0.240. The number of H-pyrrole nitrogens is 1. The van der Waals surface area contributed by atoms with Crippen LogP contribution in [0.4, 0.5) is 24.7 Å². The summed E-state index contributed by atoms with van der Waals surface area (Å²) in [6.07, 6.45) is -1.24. The molecular formula is C19H20F3N3O2. The number of allylic oxidation sites excluding steroid dienone is 1. The largest absolute Gasteiger partial charge is 0.416 e. The first-order valence-electron chi connectivity index (χ1n) is 8.23. The van der Waals surface area contributed by atoms with E-state index in [9.17, 15) is 22.8 Å². The first-order chi connectivity index (χ1) is 12.6. The zero-order valence-corrected chi connectivity index (χ0v) is 15.2. The molecule has 2 aromatic heterocycles. The fraction of sp³-hybridized carbons (Fsp3) is 0.316. The van der Waals surface area contributed by atoms with E-state index in [2.05, 4.69) is 16.5 Å². The quantitative estimate of drug-likeness (QED) is 0.803. The number of carbonyl (C=O) groups is 1. The Morgan fingerprint density at radius 1 is 1.41 bits per heavy atom. The molecule has 5 nitrogen and oxygen atoms in total. The molecule has 144 valence electrons. The summed E-state index contributed by atoms with van der Waals surface area (Å²) in [7, 11) is 0. The van der Waals surface area contributed by atoms with Crippen LogP contribution >= 0.6 is 0 Å². The maximum Gasteiger partial charge on any atom is 0.416 e. The Morgan fingerprint density at radius 2 is 2.04 bits per heavy atom. The lowest BCUT2D eigenvalue weighted by molar-refractivity contribution is -0.137. The SMILES string of the molecule is C=CC.CC(=O)C1Cc2c(cc[nH]c2=O)N1c1cc(C(F)(F)F)cc(C)n1. The van der Waals surface area contributed by atoms with Gasteiger partial charge < -0.3 is 9.88 Å². The van der Waals surface area contributed by atoms with Gasteiger partial charge in [0.2, 0.25) is 0 Å². The molecule has 0 spiro atoms. The summed E-state index contributed by atoms with van der Waals surface area (Å²) in [6.45, 7) is 8.05. The van der Waals surface area contributed by atoms with Gasteiger partial charge in [-0.2, -0.15) is 13.2 Å². The molecule has 0 bridgehead atoms. The molecule has 0 saturated heterocycles. The minimum absolute atomic E-state index is 0.00637. The molecule has 8 heteroatoms. The standard InChI is InChI=1S/C16H14F3N3O2.C3H6/c1-8-5-10(16(17,18)19)6-14(21-8)22-12-3-4-20-15(24)11(12)7-13(22)9(2)23;1-3-2/h3-6,13H,7H2,1-2H3,(H,20,24);3H,1H2,2H3. The molecule has 3 heterocycles. The number of nitrogens with one attached hydrogen (secondary N) is 1. The molecule has 1 aliphatic heterocycles. The lowest BCUT2D eigenvalue weighted by atomic mass is 10.1. The number of aromatic nitrogens is 2. The van der Waals surface area contributed by atoms with Crippen LogP contribution in [0.2, 0.25) is 0 Å². The average molecular weight is 379 g/mol. The van der Waals surface area contributed by atoms with Crippen molar-refractivity contribution in [2.75, 3.05) is 4.90 Å². The molecule has 0 radical (unpaired) electrons. The number of ketones is 1. The van der Waals surface area contributed by atoms with Gasteiger partial charge in [0.25, 0.3) is 5.56 Å². The lowest BCUT2D eigenvalue weighted by Gasteiger charge is -2.25. The van der Waals surface area contributed by atoms with Gasteiger partial charge in [0.1, 0.15) is 5.82 Å². The van der Waals surface area contributed by atoms with Gasteiger partial charge in [0.15, 0.2) is 5.78 Å². The van der Waals surface area contributed by atoms with Crippen LogP contribution in [0.5, 0.6) is 0 Å². The monoisotopic (exact) mass is 379 g/mol. The molecule has 1 N–H and O–H groups in total. The Kier molecular flexibility index (Phi) is 5.88. The molecule has 2 aromatic rings. The van der Waals surface area contributed by atoms with E-state index in [0.717, 1.165) is 12.1 Å². The van der Waals surface area contributed by atoms with E-state index in [1.807, 2.05) is 6.92 Å². The normalized spacial score (nSPS) is 15.6. The van der Waals surface area contributed by atoms with Crippen LogP contribution in [0.25, 0.3) is 0 Å². The van der Waals surface area contributed by atoms with E-state index >= 15 is 0 Å². The number of nitrogens with zero attached hydrogens (tertiary/aromatic N) is 2. The topological polar surface area (TPSA) is 66.1 Å². The highest BCUT2D eigenvalue weighted by molar-refractivity contribution is 5.90. The number of hydrogen-bond donors (Lipinski definition) is 1. The number of rotatable bonds is 2. The number of Topliss-reactive ketones (excluding diaryl/α,β-unsaturated/α-hetero) is 1. The van der Waals surface area contributed by atoms with Crippen LogP contribution in [0.3, 0.4) is 0 Å². The van der Waals surface area contributed by atoms with Crippen molar-refractivity contribution in [1.82, 2.24) is 9.97 Å². The van der Waals surface area contributed by atoms with E-state index in [0.29, 0.717) is 11.3 Å². The number of anilines is 2. The third kappa shape index (κ3) is 4.27. The van der Waals surface area contributed by atoms with Gasteiger partial charge >= 0.3 is 6.18 Å². The molecule has 0 fully saturated rings. The van der Waals surface area contributed by atoms with E-state index < -0.39 is 17.8 Å². The van der Waals surface area contributed by atoms with Gasteiger partial charge in [-0.1, -0.05) is 6.08 Å². The second-order valence-electron chi connectivity index (χ2n) is 6.13. The van der Waals surface area contributed by atoms with E-state index in [-0.39, 0.29) is 29.3 Å². The third-order valence-corrected chi connectivity index (χ3v) is 3.99. The molecule has 1 unspecified atom stereocenters. The van der Waals surface area contributed by atoms with Crippen molar-refractivity contribution in [2.24, 2.45) is 0 Å². The molecule has 27 heavy (non-hydrogen) atoms. The summed E-state index contributed by atoms with van der Waals surface area (Å²) < 4.78 is 39.2. The van der Waals surface area contributed by atoms with E-state index in [1.165, 1.54) is 24.9 Å². The van der Waals surface area contributed by atoms with Crippen LogP contribution in [0.1, 0.15) is 30.7 Å². The minimum Gasteiger partial charge on any atom is -0.329 e. The molecule has 0 saturated carbocycles. The summed E-state index contributed by atoms with van der Waals surface area (Å²) in [5.74, 6) is -0.241. The Labute approximate surface area is 154 Å². The van der Waals surface area contributed by atoms with E-state index in [4.69, 9.17) is 0 Å². The number of aryl methyl sites for hydroxylation is 1. The maximum absolute atomic E-state index is 13.1. The highest BCUT2D eigenvalue weighted by Gasteiger charge is 2.38. The fourth-order valence-corrected chi connectivity index (χ4v) is 2.92. The number of alkyl halides is 3. The summed E-state index contributed by atoms with van der Waals surface area (Å²) in [6, 6.07) is 2.66. The van der Waals surface area contributed by atoms with Crippen molar-refractivity contribution in [2.45, 2.75) is 39.4 Å². The van der Waals surface area contributed by atoms with Gasteiger partial charge in [0.05, 0.1) is 17.3 Å². The van der Waals surface area contributed by atoms with E-state index in [1.54, 1.807) is 12.1 Å². The number of carbonyl (C=O) groups excluding carboxylic acids is 1. The second kappa shape index (κ2) is 7.77. The smallest absolute Gasteiger partial charge is 0.329 e. The van der Waals surface area contributed by atoms with Gasteiger partial charge in [-0.3, -0.25) is 9.59 Å². The first kappa shape index (κ1) is 20.4. The summed E-state index contributed by atoms with van der Waals surface area (Å²) >= 11 is 0. The third-order valence-electron chi connectivity index (χ3n) is 3.99. The predicted octanol–water partition coefficient (Wildman–Crippen LogP) is 3.94. The Bertz CT molecular complexity index is 919.